The number of anilines is 1. The molecule has 0 unspecified atom stereocenters. The zero-order chi connectivity index (χ0) is 12.7. The number of nitrogens with one attached hydrogen (secondary N) is 2. The first-order valence-corrected chi connectivity index (χ1v) is 4.46. The Bertz CT molecular complexity index is 490. The van der Waals surface area contributed by atoms with Gasteiger partial charge in [-0.15, -0.1) is 0 Å². The number of benzene rings is 1. The second-order valence-electron chi connectivity index (χ2n) is 2.81. The van der Waals surface area contributed by atoms with Gasteiger partial charge in [-0.1, -0.05) is 18.2 Å². The first kappa shape index (κ1) is 12.2. The predicted molar refractivity (Wildman–Crippen MR) is 59.3 cm³/mol. The van der Waals surface area contributed by atoms with Crippen LogP contribution < -0.4 is 10.7 Å². The molecule has 0 heterocycles. The number of carboxylic acid groups (broad SMARTS) is 1. The molecular weight excluding hydrogens is 224 g/mol. The number of nitriles is 1. The molecular formula is C10H8N4O3. The van der Waals surface area contributed by atoms with Crippen LogP contribution in [0.1, 0.15) is 0 Å². The van der Waals surface area contributed by atoms with Crippen LogP contribution in [0.4, 0.5) is 10.5 Å². The Balaban J connectivity index is 2.72. The summed E-state index contributed by atoms with van der Waals surface area (Å²) in [4.78, 5) is 21.3. The Kier molecular flexibility index (Phi) is 4.21. The Morgan fingerprint density at radius 3 is 2.47 bits per heavy atom. The van der Waals surface area contributed by atoms with Crippen LogP contribution in [0.3, 0.4) is 0 Å². The highest BCUT2D eigenvalue weighted by molar-refractivity contribution is 6.46. The first-order valence-electron chi connectivity index (χ1n) is 4.46. The monoisotopic (exact) mass is 232 g/mol. The summed E-state index contributed by atoms with van der Waals surface area (Å²) in [6, 6.07) is 10.1. The second kappa shape index (κ2) is 5.87. The average Bonchev–Trinajstić information content (AvgIpc) is 2.30. The number of imide groups is 1. The Labute approximate surface area is 96.4 Å². The molecule has 2 amide bonds. The molecule has 0 aliphatic carbocycles. The maximum Gasteiger partial charge on any atom is 0.411 e. The third kappa shape index (κ3) is 4.01. The van der Waals surface area contributed by atoms with Crippen molar-refractivity contribution in [2.45, 2.75) is 0 Å². The standard InChI is InChI=1S/C10H8N4O3/c11-6-8(9(15)12-10(16)17)14-13-7-4-2-1-3-5-7/h1-5,13H,(H,12,15)(H,16,17)/b14-8-. The van der Waals surface area contributed by atoms with Gasteiger partial charge in [-0.25, -0.2) is 4.79 Å². The number of carbonyl (C=O) groups is 2. The van der Waals surface area contributed by atoms with E-state index >= 15 is 0 Å². The highest BCUT2D eigenvalue weighted by atomic mass is 16.4. The molecule has 1 rings (SSSR count). The van der Waals surface area contributed by atoms with Crippen LogP contribution in [0, 0.1) is 11.3 Å². The number of nitrogens with zero attached hydrogens (tertiary/aromatic N) is 2. The third-order valence-corrected chi connectivity index (χ3v) is 1.61. The number of hydrazone groups is 1. The Morgan fingerprint density at radius 1 is 1.29 bits per heavy atom. The summed E-state index contributed by atoms with van der Waals surface area (Å²) in [6.07, 6.45) is -1.54. The Morgan fingerprint density at radius 2 is 1.94 bits per heavy atom. The largest absolute Gasteiger partial charge is 0.465 e. The van der Waals surface area contributed by atoms with Crippen LogP contribution >= 0.6 is 0 Å². The molecule has 3 N–H and O–H groups in total. The van der Waals surface area contributed by atoms with Gasteiger partial charge >= 0.3 is 6.09 Å². The molecule has 0 atom stereocenters. The molecule has 17 heavy (non-hydrogen) atoms. The van der Waals surface area contributed by atoms with Gasteiger partial charge in [0, 0.05) is 0 Å². The number of amides is 2. The molecule has 0 aliphatic heterocycles. The van der Waals surface area contributed by atoms with Crippen molar-refractivity contribution in [3.63, 3.8) is 0 Å². The smallest absolute Gasteiger partial charge is 0.411 e. The molecule has 86 valence electrons. The van der Waals surface area contributed by atoms with Crippen molar-refractivity contribution in [1.29, 1.82) is 5.26 Å². The van der Waals surface area contributed by atoms with Crippen molar-refractivity contribution >= 4 is 23.4 Å². The minimum Gasteiger partial charge on any atom is -0.465 e. The van der Waals surface area contributed by atoms with Gasteiger partial charge in [0.2, 0.25) is 5.71 Å². The van der Waals surface area contributed by atoms with Gasteiger partial charge in [0.25, 0.3) is 5.91 Å². The summed E-state index contributed by atoms with van der Waals surface area (Å²) in [7, 11) is 0. The van der Waals surface area contributed by atoms with Crippen LogP contribution in [-0.4, -0.2) is 22.8 Å². The lowest BCUT2D eigenvalue weighted by Crippen LogP contribution is -2.34. The fourth-order valence-corrected chi connectivity index (χ4v) is 0.916. The summed E-state index contributed by atoms with van der Waals surface area (Å²) in [5, 5.41) is 21.9. The second-order valence-corrected chi connectivity index (χ2v) is 2.81. The number of rotatable bonds is 3. The molecule has 0 radical (unpaired) electrons. The number of carbonyl (C=O) groups excluding carboxylic acids is 1. The van der Waals surface area contributed by atoms with E-state index in [1.165, 1.54) is 11.4 Å². The number of para-hydroxylation sites is 1. The van der Waals surface area contributed by atoms with E-state index in [0.29, 0.717) is 5.69 Å². The molecule has 0 fully saturated rings. The van der Waals surface area contributed by atoms with Crippen LogP contribution in [0.15, 0.2) is 35.4 Å². The zero-order valence-electron chi connectivity index (χ0n) is 8.54. The normalized spacial score (nSPS) is 10.2. The predicted octanol–water partition coefficient (Wildman–Crippen LogP) is 0.772. The summed E-state index contributed by atoms with van der Waals surface area (Å²) in [5.74, 6) is -1.08. The Hall–Kier alpha value is -2.88. The molecule has 0 spiro atoms. The number of hydrogen-bond acceptors (Lipinski definition) is 5. The van der Waals surface area contributed by atoms with Crippen molar-refractivity contribution in [2.24, 2.45) is 5.10 Å². The molecule has 0 aromatic heterocycles. The topological polar surface area (TPSA) is 115 Å². The quantitative estimate of drug-likeness (QED) is 0.526. The van der Waals surface area contributed by atoms with Crippen molar-refractivity contribution in [2.75, 3.05) is 5.43 Å². The van der Waals surface area contributed by atoms with Gasteiger partial charge in [-0.2, -0.15) is 10.4 Å². The summed E-state index contributed by atoms with van der Waals surface area (Å²) < 4.78 is 0. The lowest BCUT2D eigenvalue weighted by molar-refractivity contribution is -0.113. The van der Waals surface area contributed by atoms with Crippen LogP contribution in [-0.2, 0) is 4.79 Å². The average molecular weight is 232 g/mol. The van der Waals surface area contributed by atoms with E-state index in [1.807, 2.05) is 0 Å². The van der Waals surface area contributed by atoms with Gasteiger partial charge in [0.05, 0.1) is 5.69 Å². The SMILES string of the molecule is N#C/C(=N/Nc1ccccc1)C(=O)NC(=O)O. The highest BCUT2D eigenvalue weighted by Gasteiger charge is 2.13. The van der Waals surface area contributed by atoms with Crippen molar-refractivity contribution in [1.82, 2.24) is 5.32 Å². The summed E-state index contributed by atoms with van der Waals surface area (Å²) in [6.45, 7) is 0. The lowest BCUT2D eigenvalue weighted by Gasteiger charge is -2.00. The molecule has 0 aliphatic rings. The van der Waals surface area contributed by atoms with E-state index in [1.54, 1.807) is 30.3 Å². The van der Waals surface area contributed by atoms with E-state index in [9.17, 15) is 9.59 Å². The van der Waals surface area contributed by atoms with Crippen LogP contribution in [0.25, 0.3) is 0 Å². The molecule has 0 saturated carbocycles. The molecule has 0 saturated heterocycles. The van der Waals surface area contributed by atoms with E-state index in [0.717, 1.165) is 0 Å². The molecule has 7 heteroatoms. The van der Waals surface area contributed by atoms with E-state index in [2.05, 4.69) is 10.5 Å². The van der Waals surface area contributed by atoms with Crippen molar-refractivity contribution in [3.05, 3.63) is 30.3 Å². The maximum atomic E-state index is 11.1. The van der Waals surface area contributed by atoms with Crippen LogP contribution in [0.5, 0.6) is 0 Å². The van der Waals surface area contributed by atoms with E-state index < -0.39 is 17.7 Å². The fraction of sp³-hybridized carbons (Fsp3) is 0. The van der Waals surface area contributed by atoms with Gasteiger partial charge in [-0.05, 0) is 12.1 Å². The lowest BCUT2D eigenvalue weighted by atomic mass is 10.3. The molecule has 1 aromatic carbocycles. The molecule has 7 nitrogen and oxygen atoms in total. The van der Waals surface area contributed by atoms with E-state index in [-0.39, 0.29) is 0 Å². The van der Waals surface area contributed by atoms with Gasteiger partial charge in [0.15, 0.2) is 0 Å². The fourth-order valence-electron chi connectivity index (χ4n) is 0.916. The summed E-state index contributed by atoms with van der Waals surface area (Å²) >= 11 is 0. The minimum absolute atomic E-state index is 0.573. The van der Waals surface area contributed by atoms with Crippen LogP contribution in [0.2, 0.25) is 0 Å². The maximum absolute atomic E-state index is 11.1. The van der Waals surface area contributed by atoms with Gasteiger partial charge < -0.3 is 5.11 Å². The molecule has 1 aromatic rings. The third-order valence-electron chi connectivity index (χ3n) is 1.61. The van der Waals surface area contributed by atoms with Crippen molar-refractivity contribution < 1.29 is 14.7 Å². The summed E-state index contributed by atoms with van der Waals surface area (Å²) in [5.41, 5.74) is 2.46. The zero-order valence-corrected chi connectivity index (χ0v) is 8.54. The molecule has 0 bridgehead atoms. The van der Waals surface area contributed by atoms with Gasteiger partial charge in [0.1, 0.15) is 6.07 Å². The highest BCUT2D eigenvalue weighted by Crippen LogP contribution is 2.04. The minimum atomic E-state index is -1.54. The van der Waals surface area contributed by atoms with E-state index in [4.69, 9.17) is 10.4 Å². The number of hydrogen-bond donors (Lipinski definition) is 3. The van der Waals surface area contributed by atoms with Crippen molar-refractivity contribution in [3.8, 4) is 6.07 Å². The van der Waals surface area contributed by atoms with Gasteiger partial charge in [-0.3, -0.25) is 15.5 Å². The first-order chi connectivity index (χ1) is 8.13.